The van der Waals surface area contributed by atoms with Crippen LogP contribution in [0.1, 0.15) is 64.2 Å². The number of hydrogen-bond acceptors (Lipinski definition) is 2. The first-order valence-corrected chi connectivity index (χ1v) is 6.75. The average molecular weight is 213 g/mol. The Morgan fingerprint density at radius 3 is 2.20 bits per heavy atom. The molecule has 0 radical (unpaired) electrons. The number of hydrogen-bond donors (Lipinski definition) is 1. The lowest BCUT2D eigenvalue weighted by Gasteiger charge is -2.14. The third-order valence-corrected chi connectivity index (χ3v) is 3.25. The van der Waals surface area contributed by atoms with E-state index >= 15 is 0 Å². The lowest BCUT2D eigenvalue weighted by molar-refractivity contribution is 0.0408. The zero-order valence-electron chi connectivity index (χ0n) is 10.0. The van der Waals surface area contributed by atoms with Gasteiger partial charge in [-0.05, 0) is 32.2 Å². The molecule has 1 rings (SSSR count). The molecular formula is C13H27NO. The molecule has 1 fully saturated rings. The van der Waals surface area contributed by atoms with E-state index in [9.17, 15) is 0 Å². The standard InChI is InChI=1S/C13H27NO/c14-11-7-3-4-8-12-15-13-9-5-1-2-6-10-13/h13H,1-12,14H2. The summed E-state index contributed by atoms with van der Waals surface area (Å²) in [6, 6.07) is 0. The predicted octanol–water partition coefficient (Wildman–Crippen LogP) is 3.24. The highest BCUT2D eigenvalue weighted by atomic mass is 16.5. The van der Waals surface area contributed by atoms with Crippen molar-refractivity contribution in [1.82, 2.24) is 0 Å². The van der Waals surface area contributed by atoms with E-state index in [1.807, 2.05) is 0 Å². The second-order valence-corrected chi connectivity index (χ2v) is 4.69. The number of ether oxygens (including phenoxy) is 1. The van der Waals surface area contributed by atoms with Crippen molar-refractivity contribution in [1.29, 1.82) is 0 Å². The van der Waals surface area contributed by atoms with Gasteiger partial charge < -0.3 is 10.5 Å². The normalized spacial score (nSPS) is 19.0. The molecule has 2 nitrogen and oxygen atoms in total. The van der Waals surface area contributed by atoms with Crippen molar-refractivity contribution >= 4 is 0 Å². The van der Waals surface area contributed by atoms with E-state index in [4.69, 9.17) is 10.5 Å². The maximum atomic E-state index is 5.91. The van der Waals surface area contributed by atoms with Crippen molar-refractivity contribution in [3.05, 3.63) is 0 Å². The van der Waals surface area contributed by atoms with Crippen molar-refractivity contribution < 1.29 is 4.74 Å². The molecule has 0 atom stereocenters. The molecule has 0 saturated heterocycles. The number of nitrogens with two attached hydrogens (primary N) is 1. The Bertz CT molecular complexity index is 130. The first-order chi connectivity index (χ1) is 7.43. The fourth-order valence-corrected chi connectivity index (χ4v) is 2.26. The summed E-state index contributed by atoms with van der Waals surface area (Å²) >= 11 is 0. The van der Waals surface area contributed by atoms with Crippen molar-refractivity contribution in [2.75, 3.05) is 13.2 Å². The van der Waals surface area contributed by atoms with Crippen LogP contribution in [0.15, 0.2) is 0 Å². The Balaban J connectivity index is 1.89. The molecule has 0 heterocycles. The number of rotatable bonds is 7. The van der Waals surface area contributed by atoms with E-state index in [1.54, 1.807) is 0 Å². The minimum absolute atomic E-state index is 0.571. The van der Waals surface area contributed by atoms with Gasteiger partial charge in [0.05, 0.1) is 6.10 Å². The molecule has 0 aromatic carbocycles. The molecular weight excluding hydrogens is 186 g/mol. The Labute approximate surface area is 94.6 Å². The maximum Gasteiger partial charge on any atom is 0.0575 e. The highest BCUT2D eigenvalue weighted by molar-refractivity contribution is 4.63. The molecule has 0 aliphatic heterocycles. The highest BCUT2D eigenvalue weighted by Crippen LogP contribution is 2.20. The number of unbranched alkanes of at least 4 members (excludes halogenated alkanes) is 3. The summed E-state index contributed by atoms with van der Waals surface area (Å²) in [5.74, 6) is 0. The Morgan fingerprint density at radius 1 is 0.867 bits per heavy atom. The van der Waals surface area contributed by atoms with Crippen molar-refractivity contribution in [3.8, 4) is 0 Å². The Morgan fingerprint density at radius 2 is 1.53 bits per heavy atom. The molecule has 2 heteroatoms. The second-order valence-electron chi connectivity index (χ2n) is 4.69. The first kappa shape index (κ1) is 13.0. The van der Waals surface area contributed by atoms with Crippen molar-refractivity contribution in [2.24, 2.45) is 5.73 Å². The molecule has 1 saturated carbocycles. The molecule has 90 valence electrons. The molecule has 0 bridgehead atoms. The summed E-state index contributed by atoms with van der Waals surface area (Å²) in [4.78, 5) is 0. The molecule has 0 aromatic rings. The molecule has 0 unspecified atom stereocenters. The predicted molar refractivity (Wildman–Crippen MR) is 65.0 cm³/mol. The average Bonchev–Trinajstić information content (AvgIpc) is 2.52. The Hall–Kier alpha value is -0.0800. The van der Waals surface area contributed by atoms with Crippen LogP contribution in [0, 0.1) is 0 Å². The van der Waals surface area contributed by atoms with Gasteiger partial charge in [-0.25, -0.2) is 0 Å². The van der Waals surface area contributed by atoms with Crippen LogP contribution in [-0.4, -0.2) is 19.3 Å². The third kappa shape index (κ3) is 6.91. The smallest absolute Gasteiger partial charge is 0.0575 e. The lowest BCUT2D eigenvalue weighted by Crippen LogP contribution is -2.12. The van der Waals surface area contributed by atoms with Gasteiger partial charge in [-0.15, -0.1) is 0 Å². The third-order valence-electron chi connectivity index (χ3n) is 3.25. The van der Waals surface area contributed by atoms with Crippen LogP contribution >= 0.6 is 0 Å². The fourth-order valence-electron chi connectivity index (χ4n) is 2.26. The lowest BCUT2D eigenvalue weighted by atomic mass is 10.1. The monoisotopic (exact) mass is 213 g/mol. The summed E-state index contributed by atoms with van der Waals surface area (Å²) < 4.78 is 5.91. The second kappa shape index (κ2) is 9.17. The van der Waals surface area contributed by atoms with Crippen LogP contribution in [0.2, 0.25) is 0 Å². The van der Waals surface area contributed by atoms with Gasteiger partial charge in [-0.2, -0.15) is 0 Å². The molecule has 0 aromatic heterocycles. The summed E-state index contributed by atoms with van der Waals surface area (Å²) in [7, 11) is 0. The first-order valence-electron chi connectivity index (χ1n) is 6.75. The van der Waals surface area contributed by atoms with Crippen LogP contribution in [0.25, 0.3) is 0 Å². The zero-order chi connectivity index (χ0) is 10.8. The van der Waals surface area contributed by atoms with Gasteiger partial charge in [-0.1, -0.05) is 38.5 Å². The fraction of sp³-hybridized carbons (Fsp3) is 1.00. The minimum atomic E-state index is 0.571. The van der Waals surface area contributed by atoms with Crippen LogP contribution in [0.5, 0.6) is 0 Å². The van der Waals surface area contributed by atoms with E-state index < -0.39 is 0 Å². The van der Waals surface area contributed by atoms with Gasteiger partial charge in [0.2, 0.25) is 0 Å². The molecule has 1 aliphatic carbocycles. The van der Waals surface area contributed by atoms with E-state index in [2.05, 4.69) is 0 Å². The molecule has 2 N–H and O–H groups in total. The summed E-state index contributed by atoms with van der Waals surface area (Å²) in [6.45, 7) is 1.80. The largest absolute Gasteiger partial charge is 0.378 e. The molecule has 15 heavy (non-hydrogen) atoms. The topological polar surface area (TPSA) is 35.2 Å². The van der Waals surface area contributed by atoms with Crippen LogP contribution in [-0.2, 0) is 4.74 Å². The zero-order valence-corrected chi connectivity index (χ0v) is 10.0. The summed E-state index contributed by atoms with van der Waals surface area (Å²) in [5, 5.41) is 0. The van der Waals surface area contributed by atoms with Gasteiger partial charge in [0.15, 0.2) is 0 Å². The Kier molecular flexibility index (Phi) is 7.94. The van der Waals surface area contributed by atoms with Crippen LogP contribution < -0.4 is 5.73 Å². The SMILES string of the molecule is NCCCCCCOC1CCCCCC1. The van der Waals surface area contributed by atoms with Gasteiger partial charge in [0.25, 0.3) is 0 Å². The minimum Gasteiger partial charge on any atom is -0.378 e. The summed E-state index contributed by atoms with van der Waals surface area (Å²) in [6.07, 6.45) is 13.7. The quantitative estimate of drug-likeness (QED) is 0.520. The van der Waals surface area contributed by atoms with Gasteiger partial charge >= 0.3 is 0 Å². The highest BCUT2D eigenvalue weighted by Gasteiger charge is 2.11. The molecule has 1 aliphatic rings. The van der Waals surface area contributed by atoms with E-state index in [-0.39, 0.29) is 0 Å². The van der Waals surface area contributed by atoms with Gasteiger partial charge in [0.1, 0.15) is 0 Å². The molecule has 0 amide bonds. The van der Waals surface area contributed by atoms with E-state index in [0.717, 1.165) is 13.2 Å². The van der Waals surface area contributed by atoms with Gasteiger partial charge in [-0.3, -0.25) is 0 Å². The van der Waals surface area contributed by atoms with Crippen LogP contribution in [0.3, 0.4) is 0 Å². The van der Waals surface area contributed by atoms with E-state index in [0.29, 0.717) is 6.10 Å². The maximum absolute atomic E-state index is 5.91. The van der Waals surface area contributed by atoms with Crippen molar-refractivity contribution in [2.45, 2.75) is 70.3 Å². The summed E-state index contributed by atoms with van der Waals surface area (Å²) in [5.41, 5.74) is 5.45. The van der Waals surface area contributed by atoms with Crippen molar-refractivity contribution in [3.63, 3.8) is 0 Å². The van der Waals surface area contributed by atoms with Crippen LogP contribution in [0.4, 0.5) is 0 Å². The van der Waals surface area contributed by atoms with Gasteiger partial charge in [0, 0.05) is 6.61 Å². The van der Waals surface area contributed by atoms with E-state index in [1.165, 1.54) is 64.2 Å². The molecule has 0 spiro atoms.